The van der Waals surface area contributed by atoms with E-state index >= 15 is 0 Å². The number of anilines is 1. The molecule has 0 fully saturated rings. The standard InChI is InChI=1S/C14H11BrF3N3O3/c15-10-1-2-11(12(6-10)21(22)23)20-7-9-3-4-19-13(5-9)24-8-14(16,17)18/h1-6,20H,7-8H2. The highest BCUT2D eigenvalue weighted by Gasteiger charge is 2.28. The van der Waals surface area contributed by atoms with E-state index in [1.807, 2.05) is 0 Å². The predicted octanol–water partition coefficient (Wildman–Crippen LogP) is 4.31. The van der Waals surface area contributed by atoms with E-state index in [9.17, 15) is 23.3 Å². The Hall–Kier alpha value is -2.36. The maximum absolute atomic E-state index is 12.1. The van der Waals surface area contributed by atoms with Crippen molar-refractivity contribution in [3.8, 4) is 5.88 Å². The summed E-state index contributed by atoms with van der Waals surface area (Å²) in [5.74, 6) is -0.170. The van der Waals surface area contributed by atoms with Crippen molar-refractivity contribution >= 4 is 27.3 Å². The van der Waals surface area contributed by atoms with Gasteiger partial charge in [0.15, 0.2) is 6.61 Å². The van der Waals surface area contributed by atoms with Crippen LogP contribution in [0.1, 0.15) is 5.56 Å². The molecule has 0 aliphatic carbocycles. The van der Waals surface area contributed by atoms with Gasteiger partial charge >= 0.3 is 6.18 Å². The maximum Gasteiger partial charge on any atom is 0.422 e. The number of nitro benzene ring substituents is 1. The second-order valence-corrected chi connectivity index (χ2v) is 5.59. The summed E-state index contributed by atoms with van der Waals surface area (Å²) in [5.41, 5.74) is 0.740. The molecular formula is C14H11BrF3N3O3. The number of benzene rings is 1. The van der Waals surface area contributed by atoms with Crippen LogP contribution in [0.4, 0.5) is 24.5 Å². The molecule has 1 N–H and O–H groups in total. The van der Waals surface area contributed by atoms with Crippen LogP contribution in [0, 0.1) is 10.1 Å². The number of ether oxygens (including phenoxy) is 1. The van der Waals surface area contributed by atoms with Crippen molar-refractivity contribution in [1.29, 1.82) is 0 Å². The summed E-state index contributed by atoms with van der Waals surface area (Å²) in [5, 5.41) is 13.9. The van der Waals surface area contributed by atoms with Gasteiger partial charge in [0.05, 0.1) is 4.92 Å². The van der Waals surface area contributed by atoms with Crippen LogP contribution < -0.4 is 10.1 Å². The zero-order valence-electron chi connectivity index (χ0n) is 12.0. The van der Waals surface area contributed by atoms with Gasteiger partial charge in [0, 0.05) is 29.3 Å². The first kappa shape index (κ1) is 18.0. The van der Waals surface area contributed by atoms with Gasteiger partial charge < -0.3 is 10.1 Å². The minimum Gasteiger partial charge on any atom is -0.468 e. The average molecular weight is 406 g/mol. The van der Waals surface area contributed by atoms with Crippen LogP contribution in [0.25, 0.3) is 0 Å². The van der Waals surface area contributed by atoms with E-state index < -0.39 is 17.7 Å². The van der Waals surface area contributed by atoms with Gasteiger partial charge in [-0.1, -0.05) is 15.9 Å². The zero-order valence-corrected chi connectivity index (χ0v) is 13.6. The monoisotopic (exact) mass is 405 g/mol. The van der Waals surface area contributed by atoms with Crippen LogP contribution in [0.2, 0.25) is 0 Å². The van der Waals surface area contributed by atoms with Crippen LogP contribution in [-0.4, -0.2) is 22.7 Å². The number of halogens is 4. The third kappa shape index (κ3) is 5.37. The second kappa shape index (κ2) is 7.47. The molecule has 2 aromatic rings. The van der Waals surface area contributed by atoms with E-state index in [1.165, 1.54) is 24.4 Å². The summed E-state index contributed by atoms with van der Waals surface area (Å²) in [6, 6.07) is 7.43. The van der Waals surface area contributed by atoms with Crippen molar-refractivity contribution in [3.63, 3.8) is 0 Å². The summed E-state index contributed by atoms with van der Waals surface area (Å²) in [4.78, 5) is 14.2. The van der Waals surface area contributed by atoms with Gasteiger partial charge in [0.2, 0.25) is 5.88 Å². The lowest BCUT2D eigenvalue weighted by atomic mass is 10.2. The van der Waals surface area contributed by atoms with Gasteiger partial charge in [0.1, 0.15) is 5.69 Å². The third-order valence-corrected chi connectivity index (χ3v) is 3.32. The summed E-state index contributed by atoms with van der Waals surface area (Å²) in [6.07, 6.45) is -3.15. The molecule has 0 saturated carbocycles. The largest absolute Gasteiger partial charge is 0.468 e. The van der Waals surface area contributed by atoms with Crippen LogP contribution in [0.15, 0.2) is 41.0 Å². The molecule has 0 aliphatic rings. The number of alkyl halides is 3. The van der Waals surface area contributed by atoms with Gasteiger partial charge in [0.25, 0.3) is 5.69 Å². The second-order valence-electron chi connectivity index (χ2n) is 4.68. The van der Waals surface area contributed by atoms with E-state index in [4.69, 9.17) is 0 Å². The van der Waals surface area contributed by atoms with Crippen molar-refractivity contribution in [2.45, 2.75) is 12.7 Å². The number of aromatic nitrogens is 1. The number of rotatable bonds is 6. The Kier molecular flexibility index (Phi) is 5.60. The van der Waals surface area contributed by atoms with Gasteiger partial charge in [-0.3, -0.25) is 10.1 Å². The lowest BCUT2D eigenvalue weighted by molar-refractivity contribution is -0.384. The molecule has 24 heavy (non-hydrogen) atoms. The van der Waals surface area contributed by atoms with Gasteiger partial charge in [-0.2, -0.15) is 13.2 Å². The van der Waals surface area contributed by atoms with Gasteiger partial charge in [-0.25, -0.2) is 4.98 Å². The molecule has 6 nitrogen and oxygen atoms in total. The lowest BCUT2D eigenvalue weighted by Crippen LogP contribution is -2.19. The summed E-state index contributed by atoms with van der Waals surface area (Å²) >= 11 is 3.15. The SMILES string of the molecule is O=[N+]([O-])c1cc(Br)ccc1NCc1ccnc(OCC(F)(F)F)c1. The zero-order chi connectivity index (χ0) is 17.7. The van der Waals surface area contributed by atoms with Crippen molar-refractivity contribution in [3.05, 3.63) is 56.7 Å². The number of hydrogen-bond donors (Lipinski definition) is 1. The minimum atomic E-state index is -4.45. The van der Waals surface area contributed by atoms with Crippen LogP contribution in [0.3, 0.4) is 0 Å². The van der Waals surface area contributed by atoms with Gasteiger partial charge in [-0.05, 0) is 23.8 Å². The molecule has 1 aromatic heterocycles. The molecule has 128 valence electrons. The molecular weight excluding hydrogens is 395 g/mol. The number of hydrogen-bond acceptors (Lipinski definition) is 5. The number of nitrogens with one attached hydrogen (secondary N) is 1. The quantitative estimate of drug-likeness (QED) is 0.572. The summed E-state index contributed by atoms with van der Waals surface area (Å²) in [6.45, 7) is -1.28. The Morgan fingerprint density at radius 2 is 2.04 bits per heavy atom. The van der Waals surface area contributed by atoms with Crippen molar-refractivity contribution in [2.24, 2.45) is 0 Å². The first-order valence-corrected chi connectivity index (χ1v) is 7.36. The van der Waals surface area contributed by atoms with Crippen LogP contribution in [0.5, 0.6) is 5.88 Å². The number of nitro groups is 1. The molecule has 0 aliphatic heterocycles. The van der Waals surface area contributed by atoms with Crippen LogP contribution in [-0.2, 0) is 6.54 Å². The molecule has 0 amide bonds. The van der Waals surface area contributed by atoms with Crippen molar-refractivity contribution in [1.82, 2.24) is 4.98 Å². The molecule has 0 atom stereocenters. The van der Waals surface area contributed by atoms with E-state index in [2.05, 4.69) is 31.0 Å². The molecule has 0 bridgehead atoms. The molecule has 0 saturated heterocycles. The highest BCUT2D eigenvalue weighted by Crippen LogP contribution is 2.28. The van der Waals surface area contributed by atoms with E-state index in [0.717, 1.165) is 0 Å². The fraction of sp³-hybridized carbons (Fsp3) is 0.214. The molecule has 1 aromatic carbocycles. The average Bonchev–Trinajstić information content (AvgIpc) is 2.51. The summed E-state index contributed by atoms with van der Waals surface area (Å²) in [7, 11) is 0. The van der Waals surface area contributed by atoms with Crippen LogP contribution >= 0.6 is 15.9 Å². The van der Waals surface area contributed by atoms with Crippen molar-refractivity contribution < 1.29 is 22.8 Å². The van der Waals surface area contributed by atoms with Gasteiger partial charge in [-0.15, -0.1) is 0 Å². The maximum atomic E-state index is 12.1. The predicted molar refractivity (Wildman–Crippen MR) is 83.9 cm³/mol. The first-order valence-electron chi connectivity index (χ1n) is 6.57. The smallest absolute Gasteiger partial charge is 0.422 e. The molecule has 0 spiro atoms. The fourth-order valence-electron chi connectivity index (χ4n) is 1.80. The molecule has 2 rings (SSSR count). The Morgan fingerprint density at radius 1 is 1.29 bits per heavy atom. The highest BCUT2D eigenvalue weighted by molar-refractivity contribution is 9.10. The first-order chi connectivity index (χ1) is 11.2. The summed E-state index contributed by atoms with van der Waals surface area (Å²) < 4.78 is 41.5. The normalized spacial score (nSPS) is 11.2. The van der Waals surface area contributed by atoms with Crippen molar-refractivity contribution in [2.75, 3.05) is 11.9 Å². The Labute approximate surface area is 142 Å². The molecule has 10 heteroatoms. The van der Waals surface area contributed by atoms with E-state index in [1.54, 1.807) is 12.1 Å². The minimum absolute atomic E-state index is 0.119. The fourth-order valence-corrected chi connectivity index (χ4v) is 2.15. The highest BCUT2D eigenvalue weighted by atomic mass is 79.9. The van der Waals surface area contributed by atoms with E-state index in [0.29, 0.717) is 10.0 Å². The topological polar surface area (TPSA) is 77.3 Å². The number of pyridine rings is 1. The Morgan fingerprint density at radius 3 is 2.71 bits per heavy atom. The molecule has 0 unspecified atom stereocenters. The third-order valence-electron chi connectivity index (χ3n) is 2.82. The Bertz CT molecular complexity index is 741. The number of nitrogens with zero attached hydrogens (tertiary/aromatic N) is 2. The lowest BCUT2D eigenvalue weighted by Gasteiger charge is -2.10. The Balaban J connectivity index is 2.06. The van der Waals surface area contributed by atoms with E-state index in [-0.39, 0.29) is 23.8 Å². The molecule has 1 heterocycles. The molecule has 0 radical (unpaired) electrons.